The molecule has 0 bridgehead atoms. The van der Waals surface area contributed by atoms with Crippen molar-refractivity contribution in [2.75, 3.05) is 14.7 Å². The molecular weight excluding hydrogens is 450 g/mol. The van der Waals surface area contributed by atoms with Crippen molar-refractivity contribution >= 4 is 51.2 Å². The summed E-state index contributed by atoms with van der Waals surface area (Å²) in [6.07, 6.45) is 0. The molecule has 0 aromatic heterocycles. The molecule has 2 heterocycles. The van der Waals surface area contributed by atoms with E-state index in [1.165, 1.54) is 45.4 Å². The van der Waals surface area contributed by atoms with Crippen LogP contribution in [-0.2, 0) is 5.41 Å². The summed E-state index contributed by atoms with van der Waals surface area (Å²) < 4.78 is 0. The molecule has 0 unspecified atom stereocenters. The van der Waals surface area contributed by atoms with Crippen LogP contribution in [0.5, 0.6) is 0 Å². The van der Waals surface area contributed by atoms with Crippen molar-refractivity contribution in [3.8, 4) is 0 Å². The van der Waals surface area contributed by atoms with Crippen LogP contribution in [0.1, 0.15) is 26.3 Å². The number of nitrogens with zero attached hydrogens (tertiary/aromatic N) is 3. The first kappa shape index (κ1) is 21.8. The number of rotatable bonds is 2. The van der Waals surface area contributed by atoms with Gasteiger partial charge >= 0.3 is 0 Å². The van der Waals surface area contributed by atoms with Crippen LogP contribution in [0.4, 0.5) is 51.2 Å². The molecule has 7 rings (SSSR count). The zero-order valence-electron chi connectivity index (χ0n) is 21.4. The van der Waals surface area contributed by atoms with Crippen molar-refractivity contribution in [2.45, 2.75) is 26.2 Å². The fourth-order valence-corrected chi connectivity index (χ4v) is 5.63. The van der Waals surface area contributed by atoms with E-state index in [1.54, 1.807) is 0 Å². The highest BCUT2D eigenvalue weighted by molar-refractivity contribution is 6.12. The number of hydrogen-bond donors (Lipinski definition) is 0. The lowest BCUT2D eigenvalue weighted by Crippen LogP contribution is -2.31. The van der Waals surface area contributed by atoms with Gasteiger partial charge in [0, 0.05) is 11.4 Å². The van der Waals surface area contributed by atoms with Crippen LogP contribution in [0, 0.1) is 0 Å². The van der Waals surface area contributed by atoms with Crippen molar-refractivity contribution in [3.63, 3.8) is 0 Å². The molecule has 37 heavy (non-hydrogen) atoms. The molecule has 0 saturated carbocycles. The first-order chi connectivity index (χ1) is 18.0. The van der Waals surface area contributed by atoms with Crippen LogP contribution in [0.2, 0.25) is 0 Å². The fourth-order valence-electron chi connectivity index (χ4n) is 5.63. The molecule has 0 fully saturated rings. The van der Waals surface area contributed by atoms with Crippen molar-refractivity contribution in [1.29, 1.82) is 0 Å². The molecule has 0 saturated heterocycles. The van der Waals surface area contributed by atoms with Gasteiger partial charge in [-0.05, 0) is 71.6 Å². The molecule has 0 N–H and O–H groups in total. The van der Waals surface area contributed by atoms with E-state index in [2.05, 4.69) is 157 Å². The third-order valence-corrected chi connectivity index (χ3v) is 7.40. The molecule has 0 spiro atoms. The van der Waals surface area contributed by atoms with Crippen molar-refractivity contribution in [3.05, 3.63) is 127 Å². The molecule has 3 heteroatoms. The van der Waals surface area contributed by atoms with E-state index >= 15 is 0 Å². The van der Waals surface area contributed by atoms with Gasteiger partial charge in [-0.15, -0.1) is 0 Å². The second-order valence-electron chi connectivity index (χ2n) is 10.8. The number of fused-ring (bicyclic) bond motifs is 4. The highest BCUT2D eigenvalue weighted by Gasteiger charge is 2.40. The lowest BCUT2D eigenvalue weighted by Gasteiger charge is -2.47. The lowest BCUT2D eigenvalue weighted by molar-refractivity contribution is 0.590. The van der Waals surface area contributed by atoms with Gasteiger partial charge in [0.15, 0.2) is 0 Å². The second-order valence-corrected chi connectivity index (χ2v) is 10.8. The molecule has 0 radical (unpaired) electrons. The quantitative estimate of drug-likeness (QED) is 0.244. The van der Waals surface area contributed by atoms with Crippen molar-refractivity contribution in [2.24, 2.45) is 0 Å². The average molecular weight is 480 g/mol. The maximum absolute atomic E-state index is 2.46. The van der Waals surface area contributed by atoms with Crippen LogP contribution in [0.25, 0.3) is 0 Å². The minimum Gasteiger partial charge on any atom is -0.306 e. The van der Waals surface area contributed by atoms with Crippen molar-refractivity contribution in [1.82, 2.24) is 0 Å². The van der Waals surface area contributed by atoms with Crippen LogP contribution in [-0.4, -0.2) is 0 Å². The summed E-state index contributed by atoms with van der Waals surface area (Å²) in [5.74, 6) is 0. The zero-order valence-corrected chi connectivity index (χ0v) is 21.4. The molecule has 180 valence electrons. The monoisotopic (exact) mass is 479 g/mol. The Morgan fingerprint density at radius 3 is 1.14 bits per heavy atom. The summed E-state index contributed by atoms with van der Waals surface area (Å²) in [6, 6.07) is 43.8. The summed E-state index contributed by atoms with van der Waals surface area (Å²) >= 11 is 0. The Morgan fingerprint density at radius 2 is 0.757 bits per heavy atom. The van der Waals surface area contributed by atoms with Crippen LogP contribution in [0.15, 0.2) is 121 Å². The molecule has 2 aliphatic heterocycles. The van der Waals surface area contributed by atoms with Crippen LogP contribution >= 0.6 is 0 Å². The largest absolute Gasteiger partial charge is 0.306 e. The van der Waals surface area contributed by atoms with E-state index in [0.717, 1.165) is 11.4 Å². The molecule has 3 nitrogen and oxygen atoms in total. The molecule has 0 atom stereocenters. The third-order valence-electron chi connectivity index (χ3n) is 7.40. The Hall–Kier alpha value is -4.50. The Balaban J connectivity index is 1.63. The SMILES string of the molecule is CC(C)(C)c1cc2c3c(c1)N(c1ccccc1)c1ccccc1N3c1ccccc1N2c1ccccc1. The Bertz CT molecular complexity index is 1500. The van der Waals surface area contributed by atoms with Gasteiger partial charge in [-0.25, -0.2) is 0 Å². The third kappa shape index (κ3) is 3.27. The topological polar surface area (TPSA) is 9.72 Å². The summed E-state index contributed by atoms with van der Waals surface area (Å²) in [4.78, 5) is 7.31. The van der Waals surface area contributed by atoms with Gasteiger partial charge in [0.25, 0.3) is 0 Å². The number of hydrogen-bond acceptors (Lipinski definition) is 3. The maximum Gasteiger partial charge on any atom is 0.0948 e. The number of anilines is 9. The molecule has 0 amide bonds. The Labute approximate surface area is 218 Å². The van der Waals surface area contributed by atoms with Gasteiger partial charge in [0.2, 0.25) is 0 Å². The van der Waals surface area contributed by atoms with Crippen molar-refractivity contribution < 1.29 is 0 Å². The zero-order chi connectivity index (χ0) is 25.1. The van der Waals surface area contributed by atoms with E-state index in [4.69, 9.17) is 0 Å². The van der Waals surface area contributed by atoms with Gasteiger partial charge in [0.05, 0.1) is 39.8 Å². The van der Waals surface area contributed by atoms with Crippen LogP contribution < -0.4 is 14.7 Å². The summed E-state index contributed by atoms with van der Waals surface area (Å²) in [5.41, 5.74) is 11.9. The fraction of sp³-hybridized carbons (Fsp3) is 0.118. The van der Waals surface area contributed by atoms with Gasteiger partial charge in [-0.1, -0.05) is 81.4 Å². The Kier molecular flexibility index (Phi) is 4.71. The van der Waals surface area contributed by atoms with E-state index in [-0.39, 0.29) is 5.41 Å². The smallest absolute Gasteiger partial charge is 0.0948 e. The van der Waals surface area contributed by atoms with E-state index < -0.39 is 0 Å². The molecular formula is C34H29N3. The lowest BCUT2D eigenvalue weighted by atomic mass is 9.84. The molecule has 0 aliphatic carbocycles. The standard InChI is InChI=1S/C34H29N3/c1-34(2,3)24-22-31-33-32(23-24)36(26-16-8-5-9-17-26)28-19-11-13-21-30(28)37(33)29-20-12-10-18-27(29)35(31)25-14-6-4-7-15-25/h4-23H,1-3H3. The first-order valence-electron chi connectivity index (χ1n) is 12.9. The minimum absolute atomic E-state index is 0.0188. The normalized spacial score (nSPS) is 13.6. The second kappa shape index (κ2) is 8.01. The van der Waals surface area contributed by atoms with Gasteiger partial charge in [-0.3, -0.25) is 0 Å². The van der Waals surface area contributed by atoms with Gasteiger partial charge in [-0.2, -0.15) is 0 Å². The van der Waals surface area contributed by atoms with Gasteiger partial charge < -0.3 is 14.7 Å². The minimum atomic E-state index is -0.0188. The van der Waals surface area contributed by atoms with E-state index in [1.807, 2.05) is 0 Å². The summed E-state index contributed by atoms with van der Waals surface area (Å²) in [6.45, 7) is 6.89. The Morgan fingerprint density at radius 1 is 0.405 bits per heavy atom. The number of para-hydroxylation sites is 6. The van der Waals surface area contributed by atoms with E-state index in [9.17, 15) is 0 Å². The van der Waals surface area contributed by atoms with Crippen LogP contribution in [0.3, 0.4) is 0 Å². The molecule has 5 aromatic carbocycles. The van der Waals surface area contributed by atoms with Gasteiger partial charge in [0.1, 0.15) is 0 Å². The first-order valence-corrected chi connectivity index (χ1v) is 12.9. The van der Waals surface area contributed by atoms with E-state index in [0.29, 0.717) is 0 Å². The average Bonchev–Trinajstić information content (AvgIpc) is 2.93. The molecule has 2 aliphatic rings. The maximum atomic E-state index is 2.46. The predicted molar refractivity (Wildman–Crippen MR) is 156 cm³/mol. The predicted octanol–water partition coefficient (Wildman–Crippen LogP) is 10.0. The summed E-state index contributed by atoms with van der Waals surface area (Å²) in [5, 5.41) is 0. The highest BCUT2D eigenvalue weighted by atomic mass is 15.3. The summed E-state index contributed by atoms with van der Waals surface area (Å²) in [7, 11) is 0. The molecule has 5 aromatic rings. The number of benzene rings is 5. The highest BCUT2D eigenvalue weighted by Crippen LogP contribution is 2.63.